The molecule has 1 aromatic rings. The molecular formula is C16H26N2O2. The molecule has 0 aliphatic carbocycles. The van der Waals surface area contributed by atoms with Crippen molar-refractivity contribution in [3.63, 3.8) is 0 Å². The second kappa shape index (κ2) is 7.39. The highest BCUT2D eigenvalue weighted by molar-refractivity contribution is 5.54. The summed E-state index contributed by atoms with van der Waals surface area (Å²) in [6, 6.07) is 6.00. The molecule has 4 heteroatoms. The summed E-state index contributed by atoms with van der Waals surface area (Å²) >= 11 is 0. The van der Waals surface area contributed by atoms with E-state index >= 15 is 0 Å². The van der Waals surface area contributed by atoms with E-state index in [1.165, 1.54) is 32.4 Å². The van der Waals surface area contributed by atoms with Crippen LogP contribution in [0.4, 0.5) is 5.69 Å². The minimum absolute atomic E-state index is 0.193. The minimum atomic E-state index is 0.193. The van der Waals surface area contributed by atoms with E-state index in [0.29, 0.717) is 11.8 Å². The number of nitrogens with one attached hydrogen (secondary N) is 1. The third kappa shape index (κ3) is 4.04. The van der Waals surface area contributed by atoms with Crippen molar-refractivity contribution < 1.29 is 9.84 Å². The van der Waals surface area contributed by atoms with Gasteiger partial charge in [0.1, 0.15) is 0 Å². The molecule has 2 N–H and O–H groups in total. The molecule has 1 heterocycles. The van der Waals surface area contributed by atoms with Gasteiger partial charge in [0.2, 0.25) is 0 Å². The van der Waals surface area contributed by atoms with Crippen molar-refractivity contribution in [1.29, 1.82) is 0 Å². The van der Waals surface area contributed by atoms with Crippen LogP contribution in [-0.4, -0.2) is 42.8 Å². The van der Waals surface area contributed by atoms with E-state index < -0.39 is 0 Å². The minimum Gasteiger partial charge on any atom is -0.504 e. The van der Waals surface area contributed by atoms with E-state index in [2.05, 4.69) is 17.1 Å². The molecule has 1 atom stereocenters. The standard InChI is InChI=1S/C16H26N2O2/c1-3-9-18-10-4-5-13(8-11-18)17-14-6-7-16(20-2)15(19)12-14/h6-7,12-13,17,19H,3-5,8-11H2,1-2H3. The van der Waals surface area contributed by atoms with Crippen LogP contribution in [0.2, 0.25) is 0 Å². The van der Waals surface area contributed by atoms with Crippen molar-refractivity contribution in [2.45, 2.75) is 38.6 Å². The number of hydrogen-bond acceptors (Lipinski definition) is 4. The second-order valence-electron chi connectivity index (χ2n) is 5.50. The number of likely N-dealkylation sites (tertiary alicyclic amines) is 1. The van der Waals surface area contributed by atoms with Crippen LogP contribution >= 0.6 is 0 Å². The fourth-order valence-corrected chi connectivity index (χ4v) is 2.86. The van der Waals surface area contributed by atoms with E-state index in [1.54, 1.807) is 19.2 Å². The lowest BCUT2D eigenvalue weighted by Gasteiger charge is -2.20. The van der Waals surface area contributed by atoms with Crippen LogP contribution in [0.5, 0.6) is 11.5 Å². The maximum absolute atomic E-state index is 9.82. The molecule has 1 aliphatic rings. The average Bonchev–Trinajstić information content (AvgIpc) is 2.65. The third-order valence-corrected chi connectivity index (χ3v) is 3.91. The number of benzene rings is 1. The summed E-state index contributed by atoms with van der Waals surface area (Å²) in [4.78, 5) is 2.55. The van der Waals surface area contributed by atoms with Gasteiger partial charge in [0, 0.05) is 24.3 Å². The summed E-state index contributed by atoms with van der Waals surface area (Å²) in [5, 5.41) is 13.3. The predicted molar refractivity (Wildman–Crippen MR) is 82.7 cm³/mol. The van der Waals surface area contributed by atoms with Crippen LogP contribution in [-0.2, 0) is 0 Å². The average molecular weight is 278 g/mol. The van der Waals surface area contributed by atoms with Crippen molar-refractivity contribution in [3.8, 4) is 11.5 Å². The van der Waals surface area contributed by atoms with Gasteiger partial charge in [-0.2, -0.15) is 0 Å². The Balaban J connectivity index is 1.91. The van der Waals surface area contributed by atoms with Gasteiger partial charge in [-0.05, 0) is 50.9 Å². The molecule has 1 unspecified atom stereocenters. The highest BCUT2D eigenvalue weighted by Crippen LogP contribution is 2.29. The molecule has 20 heavy (non-hydrogen) atoms. The lowest BCUT2D eigenvalue weighted by molar-refractivity contribution is 0.285. The molecule has 1 aromatic carbocycles. The summed E-state index contributed by atoms with van der Waals surface area (Å²) in [5.41, 5.74) is 0.970. The topological polar surface area (TPSA) is 44.7 Å². The zero-order valence-corrected chi connectivity index (χ0v) is 12.6. The van der Waals surface area contributed by atoms with Gasteiger partial charge in [0.25, 0.3) is 0 Å². The first-order chi connectivity index (χ1) is 9.72. The number of rotatable bonds is 5. The van der Waals surface area contributed by atoms with Crippen molar-refractivity contribution in [2.24, 2.45) is 0 Å². The van der Waals surface area contributed by atoms with Gasteiger partial charge in [-0.3, -0.25) is 0 Å². The maximum Gasteiger partial charge on any atom is 0.160 e. The van der Waals surface area contributed by atoms with Gasteiger partial charge in [0.15, 0.2) is 11.5 Å². The largest absolute Gasteiger partial charge is 0.504 e. The molecule has 0 radical (unpaired) electrons. The number of phenols is 1. The Bertz CT molecular complexity index is 423. The number of hydrogen-bond donors (Lipinski definition) is 2. The monoisotopic (exact) mass is 278 g/mol. The summed E-state index contributed by atoms with van der Waals surface area (Å²) in [7, 11) is 1.57. The molecule has 0 saturated carbocycles. The van der Waals surface area contributed by atoms with Gasteiger partial charge >= 0.3 is 0 Å². The molecular weight excluding hydrogens is 252 g/mol. The Morgan fingerprint density at radius 2 is 2.20 bits per heavy atom. The van der Waals surface area contributed by atoms with E-state index in [4.69, 9.17) is 4.74 Å². The van der Waals surface area contributed by atoms with Gasteiger partial charge in [-0.25, -0.2) is 0 Å². The lowest BCUT2D eigenvalue weighted by atomic mass is 10.1. The predicted octanol–water partition coefficient (Wildman–Crippen LogP) is 3.08. The molecule has 1 fully saturated rings. The Kier molecular flexibility index (Phi) is 5.53. The van der Waals surface area contributed by atoms with Gasteiger partial charge in [-0.15, -0.1) is 0 Å². The molecule has 112 valence electrons. The maximum atomic E-state index is 9.82. The zero-order valence-electron chi connectivity index (χ0n) is 12.6. The van der Waals surface area contributed by atoms with Gasteiger partial charge < -0.3 is 20.1 Å². The molecule has 2 rings (SSSR count). The molecule has 1 saturated heterocycles. The number of phenolic OH excluding ortho intramolecular Hbond substituents is 1. The van der Waals surface area contributed by atoms with Crippen molar-refractivity contribution in [3.05, 3.63) is 18.2 Å². The smallest absolute Gasteiger partial charge is 0.160 e. The lowest BCUT2D eigenvalue weighted by Crippen LogP contribution is -2.27. The quantitative estimate of drug-likeness (QED) is 0.869. The van der Waals surface area contributed by atoms with Crippen molar-refractivity contribution in [1.82, 2.24) is 4.90 Å². The van der Waals surface area contributed by atoms with Crippen LogP contribution in [0.3, 0.4) is 0 Å². The van der Waals surface area contributed by atoms with Gasteiger partial charge in [-0.1, -0.05) is 6.92 Å². The van der Waals surface area contributed by atoms with E-state index in [-0.39, 0.29) is 5.75 Å². The zero-order chi connectivity index (χ0) is 14.4. The number of ether oxygens (including phenoxy) is 1. The van der Waals surface area contributed by atoms with E-state index in [9.17, 15) is 5.11 Å². The van der Waals surface area contributed by atoms with Crippen LogP contribution in [0, 0.1) is 0 Å². The van der Waals surface area contributed by atoms with Crippen molar-refractivity contribution in [2.75, 3.05) is 32.1 Å². The summed E-state index contributed by atoms with van der Waals surface area (Å²) in [5.74, 6) is 0.712. The molecule has 4 nitrogen and oxygen atoms in total. The molecule has 1 aliphatic heterocycles. The highest BCUT2D eigenvalue weighted by Gasteiger charge is 2.16. The molecule has 0 aromatic heterocycles. The van der Waals surface area contributed by atoms with Crippen molar-refractivity contribution >= 4 is 5.69 Å². The summed E-state index contributed by atoms with van der Waals surface area (Å²) in [6.07, 6.45) is 4.81. The number of anilines is 1. The Morgan fingerprint density at radius 3 is 2.90 bits per heavy atom. The first-order valence-electron chi connectivity index (χ1n) is 7.58. The third-order valence-electron chi connectivity index (χ3n) is 3.91. The van der Waals surface area contributed by atoms with E-state index in [1.807, 2.05) is 6.07 Å². The second-order valence-corrected chi connectivity index (χ2v) is 5.50. The first-order valence-corrected chi connectivity index (χ1v) is 7.58. The van der Waals surface area contributed by atoms with Crippen LogP contribution in [0.1, 0.15) is 32.6 Å². The highest BCUT2D eigenvalue weighted by atomic mass is 16.5. The van der Waals surface area contributed by atoms with Gasteiger partial charge in [0.05, 0.1) is 7.11 Å². The fourth-order valence-electron chi connectivity index (χ4n) is 2.86. The Hall–Kier alpha value is -1.42. The normalized spacial score (nSPS) is 20.4. The van der Waals surface area contributed by atoms with Crippen LogP contribution < -0.4 is 10.1 Å². The summed E-state index contributed by atoms with van der Waals surface area (Å²) in [6.45, 7) is 5.81. The summed E-state index contributed by atoms with van der Waals surface area (Å²) < 4.78 is 5.07. The fraction of sp³-hybridized carbons (Fsp3) is 0.625. The molecule has 0 amide bonds. The van der Waals surface area contributed by atoms with Crippen LogP contribution in [0.25, 0.3) is 0 Å². The molecule has 0 bridgehead atoms. The Labute approximate surface area is 121 Å². The number of aromatic hydroxyl groups is 1. The van der Waals surface area contributed by atoms with E-state index in [0.717, 1.165) is 18.7 Å². The molecule has 0 spiro atoms. The number of methoxy groups -OCH3 is 1. The first kappa shape index (κ1) is 15.0. The SMILES string of the molecule is CCCN1CCCC(Nc2ccc(OC)c(O)c2)CC1. The Morgan fingerprint density at radius 1 is 1.35 bits per heavy atom. The number of nitrogens with zero attached hydrogens (tertiary/aromatic N) is 1. The van der Waals surface area contributed by atoms with Crippen LogP contribution in [0.15, 0.2) is 18.2 Å².